The second-order valence-corrected chi connectivity index (χ2v) is 15.9. The number of benzene rings is 1. The van der Waals surface area contributed by atoms with E-state index in [0.717, 1.165) is 42.2 Å². The van der Waals surface area contributed by atoms with Gasteiger partial charge < -0.3 is 25.2 Å². The van der Waals surface area contributed by atoms with Crippen LogP contribution in [0.1, 0.15) is 50.9 Å². The van der Waals surface area contributed by atoms with Crippen LogP contribution in [0.25, 0.3) is 11.3 Å². The fourth-order valence-electron chi connectivity index (χ4n) is 4.61. The Balaban J connectivity index is 1.61. The number of hydrogen-bond acceptors (Lipinski definition) is 6. The highest BCUT2D eigenvalue weighted by molar-refractivity contribution is 6.72. The van der Waals surface area contributed by atoms with Crippen LogP contribution in [0.3, 0.4) is 0 Å². The number of nitrogens with two attached hydrogens (primary N) is 1. The summed E-state index contributed by atoms with van der Waals surface area (Å²) in [4.78, 5) is 29.9. The minimum absolute atomic E-state index is 0.0316. The standard InChI is InChI=1S/C27H45N5O3Si/c1-20(15-27(2,3)36(5,6)34)26-30-24(17-31(26)4)22-10-8-21(9-11-22)14-23(35-19-28)16-29-25(33)18-32-12-7-13-32/h8-11,17,20,23,34H,7,12-16,18-19,28H2,1-6H3,(H,29,33). The molecule has 4 N–H and O–H groups in total. The summed E-state index contributed by atoms with van der Waals surface area (Å²) in [7, 11) is -0.243. The number of carbonyl (C=O) groups excluding carboxylic acids is 1. The smallest absolute Gasteiger partial charge is 0.234 e. The van der Waals surface area contributed by atoms with Gasteiger partial charge in [0, 0.05) is 37.7 Å². The molecule has 3 rings (SSSR count). The Bertz CT molecular complexity index is 996. The highest BCUT2D eigenvalue weighted by atomic mass is 28.4. The Hall–Kier alpha value is -2.04. The van der Waals surface area contributed by atoms with Gasteiger partial charge in [-0.05, 0) is 49.6 Å². The van der Waals surface area contributed by atoms with Gasteiger partial charge in [0.1, 0.15) is 5.82 Å². The molecule has 0 aliphatic carbocycles. The minimum Gasteiger partial charge on any atom is -0.432 e. The molecule has 1 aliphatic heterocycles. The number of rotatable bonds is 13. The van der Waals surface area contributed by atoms with E-state index in [4.69, 9.17) is 15.5 Å². The van der Waals surface area contributed by atoms with Crippen molar-refractivity contribution in [2.24, 2.45) is 12.8 Å². The van der Waals surface area contributed by atoms with E-state index in [9.17, 15) is 9.59 Å². The number of hydrogen-bond donors (Lipinski definition) is 3. The summed E-state index contributed by atoms with van der Waals surface area (Å²) in [5.74, 6) is 1.30. The molecule has 2 aromatic rings. The normalized spacial score (nSPS) is 16.4. The molecule has 1 fully saturated rings. The lowest BCUT2D eigenvalue weighted by atomic mass is 9.97. The van der Waals surface area contributed by atoms with Crippen LogP contribution in [0.5, 0.6) is 0 Å². The average Bonchev–Trinajstić information content (AvgIpc) is 3.16. The van der Waals surface area contributed by atoms with Crippen LogP contribution < -0.4 is 11.1 Å². The molecule has 9 heteroatoms. The lowest BCUT2D eigenvalue weighted by molar-refractivity contribution is -0.123. The van der Waals surface area contributed by atoms with E-state index < -0.39 is 8.32 Å². The van der Waals surface area contributed by atoms with Gasteiger partial charge in [0.2, 0.25) is 5.91 Å². The summed E-state index contributed by atoms with van der Waals surface area (Å²) in [6.07, 6.45) is 4.63. The monoisotopic (exact) mass is 515 g/mol. The van der Waals surface area contributed by atoms with Gasteiger partial charge in [0.05, 0.1) is 25.1 Å². The zero-order valence-corrected chi connectivity index (χ0v) is 23.9. The Morgan fingerprint density at radius 2 is 1.94 bits per heavy atom. The second kappa shape index (κ2) is 12.0. The first kappa shape index (κ1) is 28.5. The lowest BCUT2D eigenvalue weighted by Gasteiger charge is -2.36. The molecular formula is C27H45N5O3Si. The van der Waals surface area contributed by atoms with Crippen LogP contribution in [0.2, 0.25) is 18.1 Å². The van der Waals surface area contributed by atoms with Crippen molar-refractivity contribution >= 4 is 14.2 Å². The molecule has 1 aliphatic rings. The van der Waals surface area contributed by atoms with Crippen LogP contribution in [-0.4, -0.2) is 72.5 Å². The number of imidazole rings is 1. The molecule has 0 spiro atoms. The first-order valence-corrected chi connectivity index (χ1v) is 16.0. The van der Waals surface area contributed by atoms with Crippen LogP contribution >= 0.6 is 0 Å². The number of likely N-dealkylation sites (tertiary alicyclic amines) is 1. The molecule has 1 aromatic heterocycles. The third-order valence-electron chi connectivity index (χ3n) is 7.71. The van der Waals surface area contributed by atoms with Crippen molar-refractivity contribution in [2.75, 3.05) is 32.9 Å². The van der Waals surface area contributed by atoms with Gasteiger partial charge in [-0.15, -0.1) is 0 Å². The minimum atomic E-state index is -2.28. The van der Waals surface area contributed by atoms with E-state index in [1.807, 2.05) is 20.1 Å². The Morgan fingerprint density at radius 3 is 2.50 bits per heavy atom. The van der Waals surface area contributed by atoms with Gasteiger partial charge in [0.15, 0.2) is 8.32 Å². The summed E-state index contributed by atoms with van der Waals surface area (Å²) in [6, 6.07) is 8.35. The van der Waals surface area contributed by atoms with E-state index in [1.165, 1.54) is 6.42 Å². The Kier molecular flexibility index (Phi) is 9.51. The molecule has 1 amide bonds. The molecule has 8 nitrogen and oxygen atoms in total. The largest absolute Gasteiger partial charge is 0.432 e. The van der Waals surface area contributed by atoms with Crippen LogP contribution in [0, 0.1) is 0 Å². The van der Waals surface area contributed by atoms with Crippen molar-refractivity contribution in [1.29, 1.82) is 0 Å². The van der Waals surface area contributed by atoms with Crippen molar-refractivity contribution in [2.45, 2.75) is 70.2 Å². The summed E-state index contributed by atoms with van der Waals surface area (Å²) in [5, 5.41) is 2.88. The molecule has 1 saturated heterocycles. The molecule has 2 atom stereocenters. The molecule has 0 radical (unpaired) electrons. The van der Waals surface area contributed by atoms with Crippen molar-refractivity contribution in [3.05, 3.63) is 41.9 Å². The van der Waals surface area contributed by atoms with Crippen LogP contribution in [0.15, 0.2) is 30.5 Å². The van der Waals surface area contributed by atoms with Crippen molar-refractivity contribution in [3.63, 3.8) is 0 Å². The highest BCUT2D eigenvalue weighted by Gasteiger charge is 2.39. The Labute approximate surface area is 217 Å². The lowest BCUT2D eigenvalue weighted by Crippen LogP contribution is -2.46. The maximum Gasteiger partial charge on any atom is 0.234 e. The summed E-state index contributed by atoms with van der Waals surface area (Å²) >= 11 is 0. The maximum absolute atomic E-state index is 12.2. The van der Waals surface area contributed by atoms with Crippen molar-refractivity contribution in [3.8, 4) is 11.3 Å². The average molecular weight is 516 g/mol. The predicted octanol–water partition coefficient (Wildman–Crippen LogP) is 3.22. The number of nitrogens with zero attached hydrogens (tertiary/aromatic N) is 3. The van der Waals surface area contributed by atoms with Gasteiger partial charge >= 0.3 is 0 Å². The molecule has 2 heterocycles. The fourth-order valence-corrected chi connectivity index (χ4v) is 5.42. The van der Waals surface area contributed by atoms with E-state index in [2.05, 4.69) is 66.0 Å². The number of aromatic nitrogens is 2. The third kappa shape index (κ3) is 7.49. The molecule has 0 bridgehead atoms. The first-order chi connectivity index (χ1) is 16.9. The maximum atomic E-state index is 12.2. The Morgan fingerprint density at radius 1 is 1.28 bits per heavy atom. The van der Waals surface area contributed by atoms with Crippen LogP contribution in [-0.2, 0) is 23.0 Å². The third-order valence-corrected chi connectivity index (χ3v) is 11.2. The summed E-state index contributed by atoms with van der Waals surface area (Å²) < 4.78 is 7.79. The van der Waals surface area contributed by atoms with Gasteiger partial charge in [-0.2, -0.15) is 0 Å². The van der Waals surface area contributed by atoms with Gasteiger partial charge in [-0.25, -0.2) is 4.98 Å². The van der Waals surface area contributed by atoms with Crippen LogP contribution in [0.4, 0.5) is 0 Å². The molecule has 200 valence electrons. The van der Waals surface area contributed by atoms with E-state index in [-0.39, 0.29) is 29.7 Å². The highest BCUT2D eigenvalue weighted by Crippen LogP contribution is 2.43. The van der Waals surface area contributed by atoms with E-state index in [0.29, 0.717) is 19.5 Å². The van der Waals surface area contributed by atoms with E-state index >= 15 is 0 Å². The SMILES string of the molecule is CC(CC(C)(C)[Si](C)(C)O)c1nc(-c2ccc(CC(CNC(=O)CN3CCC3)OCN)cc2)cn1C. The number of nitrogens with one attached hydrogen (secondary N) is 1. The molecule has 2 unspecified atom stereocenters. The zero-order valence-electron chi connectivity index (χ0n) is 22.9. The van der Waals surface area contributed by atoms with Gasteiger partial charge in [-0.1, -0.05) is 45.0 Å². The number of aryl methyl sites for hydroxylation is 1. The molecule has 36 heavy (non-hydrogen) atoms. The molecule has 1 aromatic carbocycles. The quantitative estimate of drug-likeness (QED) is 0.279. The number of carbonyl (C=O) groups is 1. The topological polar surface area (TPSA) is 106 Å². The fraction of sp³-hybridized carbons (Fsp3) is 0.630. The van der Waals surface area contributed by atoms with Gasteiger partial charge in [0.25, 0.3) is 0 Å². The number of ether oxygens (including phenoxy) is 1. The summed E-state index contributed by atoms with van der Waals surface area (Å²) in [5.41, 5.74) is 8.76. The number of amides is 1. The second-order valence-electron chi connectivity index (χ2n) is 11.4. The molecular weight excluding hydrogens is 470 g/mol. The first-order valence-electron chi connectivity index (χ1n) is 13.1. The van der Waals surface area contributed by atoms with Crippen molar-refractivity contribution in [1.82, 2.24) is 19.8 Å². The van der Waals surface area contributed by atoms with E-state index in [1.54, 1.807) is 0 Å². The predicted molar refractivity (Wildman–Crippen MR) is 147 cm³/mol. The van der Waals surface area contributed by atoms with Crippen molar-refractivity contribution < 1.29 is 14.3 Å². The molecule has 0 saturated carbocycles. The summed E-state index contributed by atoms with van der Waals surface area (Å²) in [6.45, 7) is 13.5. The van der Waals surface area contributed by atoms with Gasteiger partial charge in [-0.3, -0.25) is 9.69 Å². The zero-order chi connectivity index (χ0) is 26.5.